The Morgan fingerprint density at radius 1 is 0.879 bits per heavy atom. The van der Waals surface area contributed by atoms with Crippen molar-refractivity contribution in [1.29, 1.82) is 0 Å². The molecule has 1 fully saturated rings. The molecule has 0 unspecified atom stereocenters. The predicted molar refractivity (Wildman–Crippen MR) is 128 cm³/mol. The van der Waals surface area contributed by atoms with Crippen molar-refractivity contribution in [2.45, 2.75) is 0 Å². The van der Waals surface area contributed by atoms with E-state index in [1.54, 1.807) is 4.68 Å². The van der Waals surface area contributed by atoms with Crippen LogP contribution in [0.15, 0.2) is 96.1 Å². The third-order valence-corrected chi connectivity index (χ3v) is 5.80. The topological polar surface area (TPSA) is 92.5 Å². The summed E-state index contributed by atoms with van der Waals surface area (Å²) in [7, 11) is 0. The van der Waals surface area contributed by atoms with Gasteiger partial charge in [-0.3, -0.25) is 14.5 Å². The molecule has 8 nitrogen and oxygen atoms in total. The van der Waals surface area contributed by atoms with E-state index in [2.05, 4.69) is 20.6 Å². The molecule has 0 saturated carbocycles. The molecule has 1 aliphatic heterocycles. The molecule has 2 heterocycles. The fraction of sp³-hybridized carbons (Fsp3) is 0.0417. The Bertz CT molecular complexity index is 1270. The molecule has 162 valence electrons. The lowest BCUT2D eigenvalue weighted by Gasteiger charge is -2.15. The van der Waals surface area contributed by atoms with Crippen molar-refractivity contribution in [2.24, 2.45) is 5.10 Å². The maximum absolute atomic E-state index is 12.9. The Labute approximate surface area is 194 Å². The predicted octanol–water partition coefficient (Wildman–Crippen LogP) is 3.72. The molecule has 4 aromatic rings. The molecule has 5 rings (SSSR count). The number of rotatable bonds is 5. The fourth-order valence-electron chi connectivity index (χ4n) is 3.36. The maximum atomic E-state index is 12.9. The monoisotopic (exact) mass is 454 g/mol. The number of hydrazone groups is 1. The summed E-state index contributed by atoms with van der Waals surface area (Å²) in [6.45, 7) is 0. The van der Waals surface area contributed by atoms with Crippen LogP contribution in [0.3, 0.4) is 0 Å². The Morgan fingerprint density at radius 2 is 1.48 bits per heavy atom. The zero-order valence-corrected chi connectivity index (χ0v) is 18.1. The number of hydrogen-bond donors (Lipinski definition) is 1. The molecular weight excluding hydrogens is 436 g/mol. The second-order valence-corrected chi connectivity index (χ2v) is 8.00. The molecule has 3 aromatic carbocycles. The van der Waals surface area contributed by atoms with E-state index in [-0.39, 0.29) is 17.5 Å². The van der Waals surface area contributed by atoms with Gasteiger partial charge >= 0.3 is 5.91 Å². The van der Waals surface area contributed by atoms with Crippen LogP contribution in [-0.2, 0) is 4.79 Å². The Hall–Kier alpha value is -4.24. The van der Waals surface area contributed by atoms with Gasteiger partial charge in [-0.2, -0.15) is 0 Å². The maximum Gasteiger partial charge on any atom is 0.311 e. The number of nitrogens with one attached hydrogen (secondary N) is 1. The Balaban J connectivity index is 1.44. The number of carbonyl (C=O) groups is 2. The van der Waals surface area contributed by atoms with E-state index in [0.717, 1.165) is 11.3 Å². The highest BCUT2D eigenvalue weighted by atomic mass is 32.2. The van der Waals surface area contributed by atoms with Gasteiger partial charge in [0.1, 0.15) is 0 Å². The fourth-order valence-corrected chi connectivity index (χ4v) is 4.18. The van der Waals surface area contributed by atoms with Crippen LogP contribution in [0.1, 0.15) is 10.6 Å². The van der Waals surface area contributed by atoms with E-state index in [4.69, 9.17) is 0 Å². The Morgan fingerprint density at radius 3 is 2.15 bits per heavy atom. The number of carbonyl (C=O) groups excluding carboxylic acids is 2. The van der Waals surface area contributed by atoms with Gasteiger partial charge in [0.2, 0.25) is 11.7 Å². The molecule has 1 saturated heterocycles. The standard InChI is InChI=1S/C24H18N6O2S/c31-20-16-33-24(29(20)18-12-6-2-7-13-18)27-26-23(32)21-25-22(17-10-4-1-5-11-17)30(28-21)19-14-8-3-9-15-19/h1-15H,16H2,(H,26,32)/b27-24-. The summed E-state index contributed by atoms with van der Waals surface area (Å²) in [4.78, 5) is 31.2. The zero-order valence-electron chi connectivity index (χ0n) is 17.3. The smallest absolute Gasteiger partial charge is 0.273 e. The lowest BCUT2D eigenvalue weighted by molar-refractivity contribution is -0.115. The van der Waals surface area contributed by atoms with Crippen molar-refractivity contribution in [3.63, 3.8) is 0 Å². The number of hydrogen-bond acceptors (Lipinski definition) is 6. The van der Waals surface area contributed by atoms with Crippen LogP contribution in [0.25, 0.3) is 17.1 Å². The van der Waals surface area contributed by atoms with Gasteiger partial charge in [0.15, 0.2) is 11.0 Å². The first kappa shape index (κ1) is 20.7. The lowest BCUT2D eigenvalue weighted by atomic mass is 10.2. The molecule has 33 heavy (non-hydrogen) atoms. The van der Waals surface area contributed by atoms with Gasteiger partial charge in [0, 0.05) is 5.56 Å². The molecular formula is C24H18N6O2S. The molecule has 1 aromatic heterocycles. The number of nitrogens with zero attached hydrogens (tertiary/aromatic N) is 5. The lowest BCUT2D eigenvalue weighted by Crippen LogP contribution is -2.31. The quantitative estimate of drug-likeness (QED) is 0.464. The van der Waals surface area contributed by atoms with Crippen LogP contribution in [0.4, 0.5) is 5.69 Å². The van der Waals surface area contributed by atoms with E-state index in [1.807, 2.05) is 91.0 Å². The van der Waals surface area contributed by atoms with Crippen molar-refractivity contribution >= 4 is 34.4 Å². The van der Waals surface area contributed by atoms with Gasteiger partial charge < -0.3 is 0 Å². The minimum atomic E-state index is -0.567. The Kier molecular flexibility index (Phi) is 5.69. The number of benzene rings is 3. The van der Waals surface area contributed by atoms with Crippen LogP contribution in [-0.4, -0.2) is 37.5 Å². The van der Waals surface area contributed by atoms with Crippen LogP contribution in [0.5, 0.6) is 0 Å². The second kappa shape index (κ2) is 9.09. The van der Waals surface area contributed by atoms with Crippen LogP contribution in [0.2, 0.25) is 0 Å². The molecule has 1 aliphatic rings. The van der Waals surface area contributed by atoms with E-state index < -0.39 is 5.91 Å². The summed E-state index contributed by atoms with van der Waals surface area (Å²) >= 11 is 1.26. The summed E-state index contributed by atoms with van der Waals surface area (Å²) in [5.74, 6) is 0.0979. The highest BCUT2D eigenvalue weighted by Crippen LogP contribution is 2.26. The molecule has 0 bridgehead atoms. The van der Waals surface area contributed by atoms with Gasteiger partial charge in [-0.1, -0.05) is 78.5 Å². The number of para-hydroxylation sites is 2. The average Bonchev–Trinajstić information content (AvgIpc) is 3.48. The van der Waals surface area contributed by atoms with Gasteiger partial charge in [0.05, 0.1) is 17.1 Å². The minimum absolute atomic E-state index is 0.0253. The third-order valence-electron chi connectivity index (χ3n) is 4.88. The van der Waals surface area contributed by atoms with Gasteiger partial charge in [-0.05, 0) is 24.3 Å². The summed E-state index contributed by atoms with van der Waals surface area (Å²) in [5.41, 5.74) is 4.80. The van der Waals surface area contributed by atoms with Crippen molar-refractivity contribution < 1.29 is 9.59 Å². The largest absolute Gasteiger partial charge is 0.311 e. The molecule has 9 heteroatoms. The number of aromatic nitrogens is 3. The third kappa shape index (κ3) is 4.26. The number of anilines is 1. The molecule has 0 aliphatic carbocycles. The van der Waals surface area contributed by atoms with Crippen LogP contribution in [0, 0.1) is 0 Å². The summed E-state index contributed by atoms with van der Waals surface area (Å²) in [6, 6.07) is 28.2. The van der Waals surface area contributed by atoms with E-state index in [9.17, 15) is 9.59 Å². The SMILES string of the molecule is O=C(N/N=C1\SCC(=O)N1c1ccccc1)c1nc(-c2ccccc2)n(-c2ccccc2)n1. The summed E-state index contributed by atoms with van der Waals surface area (Å²) < 4.78 is 1.63. The van der Waals surface area contributed by atoms with Crippen molar-refractivity contribution in [3.8, 4) is 17.1 Å². The van der Waals surface area contributed by atoms with E-state index in [1.165, 1.54) is 16.7 Å². The zero-order chi connectivity index (χ0) is 22.6. The minimum Gasteiger partial charge on any atom is -0.273 e. The van der Waals surface area contributed by atoms with Gasteiger partial charge in [-0.15, -0.1) is 10.2 Å². The highest BCUT2D eigenvalue weighted by molar-refractivity contribution is 8.15. The van der Waals surface area contributed by atoms with Gasteiger partial charge in [-0.25, -0.2) is 15.1 Å². The first-order valence-electron chi connectivity index (χ1n) is 10.2. The van der Waals surface area contributed by atoms with E-state index in [0.29, 0.717) is 16.7 Å². The first-order valence-corrected chi connectivity index (χ1v) is 11.2. The summed E-state index contributed by atoms with van der Waals surface area (Å²) in [5, 5.41) is 9.01. The first-order chi connectivity index (χ1) is 16.2. The number of thioether (sulfide) groups is 1. The van der Waals surface area contributed by atoms with Crippen LogP contribution < -0.4 is 10.3 Å². The molecule has 0 spiro atoms. The van der Waals surface area contributed by atoms with E-state index >= 15 is 0 Å². The van der Waals surface area contributed by atoms with Gasteiger partial charge in [0.25, 0.3) is 0 Å². The number of amidine groups is 1. The summed E-state index contributed by atoms with van der Waals surface area (Å²) in [6.07, 6.45) is 0. The normalized spacial score (nSPS) is 14.6. The molecule has 0 radical (unpaired) electrons. The average molecular weight is 455 g/mol. The van der Waals surface area contributed by atoms with Crippen molar-refractivity contribution in [1.82, 2.24) is 20.2 Å². The van der Waals surface area contributed by atoms with Crippen LogP contribution >= 0.6 is 11.8 Å². The second-order valence-electron chi connectivity index (χ2n) is 7.06. The highest BCUT2D eigenvalue weighted by Gasteiger charge is 2.30. The molecule has 0 atom stereocenters. The molecule has 1 N–H and O–H groups in total. The molecule has 2 amide bonds. The number of amides is 2. The van der Waals surface area contributed by atoms with Crippen molar-refractivity contribution in [2.75, 3.05) is 10.7 Å². The van der Waals surface area contributed by atoms with Crippen molar-refractivity contribution in [3.05, 3.63) is 96.8 Å².